The van der Waals surface area contributed by atoms with Gasteiger partial charge >= 0.3 is 0 Å². The molecule has 0 aromatic heterocycles. The number of ether oxygens (including phenoxy) is 3. The minimum atomic E-state index is -1.75. The van der Waals surface area contributed by atoms with Crippen molar-refractivity contribution in [3.63, 3.8) is 0 Å². The third kappa shape index (κ3) is 4.31. The van der Waals surface area contributed by atoms with Crippen molar-refractivity contribution in [1.29, 1.82) is 0 Å². The van der Waals surface area contributed by atoms with E-state index in [1.165, 1.54) is 0 Å². The van der Waals surface area contributed by atoms with Gasteiger partial charge in [0.05, 0.1) is 13.2 Å². The molecule has 10 atom stereocenters. The second-order valence-electron chi connectivity index (χ2n) is 6.26. The maximum absolute atomic E-state index is 11.4. The Hall–Kier alpha value is -0.930. The van der Waals surface area contributed by atoms with E-state index in [1.807, 2.05) is 0 Å². The van der Waals surface area contributed by atoms with Crippen molar-refractivity contribution >= 4 is 5.91 Å². The van der Waals surface area contributed by atoms with Gasteiger partial charge in [-0.25, -0.2) is 0 Å². The topological polar surface area (TPSA) is 198 Å². The summed E-state index contributed by atoms with van der Waals surface area (Å²) in [6.45, 7) is -0.194. The maximum atomic E-state index is 11.4. The van der Waals surface area contributed by atoms with Gasteiger partial charge in [0, 0.05) is 6.92 Å². The second-order valence-corrected chi connectivity index (χ2v) is 6.26. The largest absolute Gasteiger partial charge is 0.394 e. The summed E-state index contributed by atoms with van der Waals surface area (Å²) in [5.74, 6) is -0.574. The molecule has 2 aliphatic rings. The van der Waals surface area contributed by atoms with Crippen LogP contribution >= 0.6 is 0 Å². The average Bonchev–Trinajstić information content (AvgIpc) is 2.60. The van der Waals surface area contributed by atoms with E-state index in [1.54, 1.807) is 0 Å². The van der Waals surface area contributed by atoms with Crippen LogP contribution in [0.4, 0.5) is 0 Å². The zero-order valence-corrected chi connectivity index (χ0v) is 14.0. The van der Waals surface area contributed by atoms with Crippen molar-refractivity contribution in [3.05, 3.63) is 0 Å². The van der Waals surface area contributed by atoms with E-state index in [9.17, 15) is 40.5 Å². The van der Waals surface area contributed by atoms with Gasteiger partial charge in [0.1, 0.15) is 48.8 Å². The molecule has 0 bridgehead atoms. The molecule has 0 saturated carbocycles. The number of nitrogens with one attached hydrogen (secondary N) is 1. The first-order valence-corrected chi connectivity index (χ1v) is 8.06. The summed E-state index contributed by atoms with van der Waals surface area (Å²) >= 11 is 0. The highest BCUT2D eigenvalue weighted by molar-refractivity contribution is 5.73. The highest BCUT2D eigenvalue weighted by Gasteiger charge is 2.50. The van der Waals surface area contributed by atoms with E-state index in [0.717, 1.165) is 6.92 Å². The molecule has 26 heavy (non-hydrogen) atoms. The molecular formula is C14H25NO11. The number of carbonyl (C=O) groups is 1. The van der Waals surface area contributed by atoms with Crippen molar-refractivity contribution in [2.75, 3.05) is 13.2 Å². The molecule has 8 N–H and O–H groups in total. The summed E-state index contributed by atoms with van der Waals surface area (Å²) in [6.07, 6.45) is -13.6. The first kappa shape index (κ1) is 21.4. The Kier molecular flexibility index (Phi) is 7.27. The lowest BCUT2D eigenvalue weighted by molar-refractivity contribution is -0.341. The fraction of sp³-hybridized carbons (Fsp3) is 0.929. The molecule has 0 aromatic carbocycles. The van der Waals surface area contributed by atoms with E-state index < -0.39 is 80.5 Å². The van der Waals surface area contributed by atoms with E-state index in [4.69, 9.17) is 14.2 Å². The van der Waals surface area contributed by atoms with Gasteiger partial charge in [-0.1, -0.05) is 0 Å². The van der Waals surface area contributed by atoms with Crippen LogP contribution in [0, 0.1) is 0 Å². The summed E-state index contributed by atoms with van der Waals surface area (Å²) in [7, 11) is 0. The zero-order valence-electron chi connectivity index (χ0n) is 14.0. The van der Waals surface area contributed by atoms with Crippen LogP contribution in [0.15, 0.2) is 0 Å². The average molecular weight is 383 g/mol. The Bertz CT molecular complexity index is 478. The number of carbonyl (C=O) groups excluding carboxylic acids is 1. The number of aliphatic hydroxyl groups is 7. The van der Waals surface area contributed by atoms with E-state index in [2.05, 4.69) is 5.32 Å². The standard InChI is InChI=1S/C14H25NO11/c1-4(18)15-7-9(20)8(19)5(2-16)25-14(7)26-12-6(3-17)24-13(23)11(22)10(12)21/h5-14,16-17,19-23H,2-3H2,1H3,(H,15,18)/t5-,6-,7-,8+,9-,10-,11-,12+,13-,14-/m1/s1. The van der Waals surface area contributed by atoms with Gasteiger partial charge in [-0.05, 0) is 0 Å². The lowest BCUT2D eigenvalue weighted by Gasteiger charge is -2.46. The summed E-state index contributed by atoms with van der Waals surface area (Å²) in [5.41, 5.74) is 0. The summed E-state index contributed by atoms with van der Waals surface area (Å²) in [6, 6.07) is -1.28. The molecule has 0 radical (unpaired) electrons. The van der Waals surface area contributed by atoms with E-state index in [0.29, 0.717) is 0 Å². The monoisotopic (exact) mass is 383 g/mol. The zero-order chi connectivity index (χ0) is 19.6. The van der Waals surface area contributed by atoms with Crippen LogP contribution in [0.5, 0.6) is 0 Å². The van der Waals surface area contributed by atoms with Crippen LogP contribution in [0.3, 0.4) is 0 Å². The minimum absolute atomic E-state index is 0.574. The molecule has 0 aromatic rings. The molecule has 2 fully saturated rings. The van der Waals surface area contributed by atoms with Crippen LogP contribution < -0.4 is 5.32 Å². The number of hydrogen-bond acceptors (Lipinski definition) is 11. The van der Waals surface area contributed by atoms with Gasteiger partial charge in [-0.15, -0.1) is 0 Å². The van der Waals surface area contributed by atoms with Crippen molar-refractivity contribution in [1.82, 2.24) is 5.32 Å². The predicted octanol–water partition coefficient (Wildman–Crippen LogP) is -5.25. The lowest BCUT2D eigenvalue weighted by Crippen LogP contribution is -2.67. The molecule has 2 saturated heterocycles. The molecule has 2 heterocycles. The lowest BCUT2D eigenvalue weighted by atomic mass is 9.95. The molecule has 2 aliphatic heterocycles. The molecule has 12 nitrogen and oxygen atoms in total. The number of hydrogen-bond donors (Lipinski definition) is 8. The fourth-order valence-corrected chi connectivity index (χ4v) is 2.98. The number of aliphatic hydroxyl groups excluding tert-OH is 7. The van der Waals surface area contributed by atoms with Gasteiger partial charge in [-0.2, -0.15) is 0 Å². The molecule has 12 heteroatoms. The molecule has 2 rings (SSSR count). The van der Waals surface area contributed by atoms with Gasteiger partial charge < -0.3 is 55.3 Å². The molecule has 0 spiro atoms. The molecule has 0 unspecified atom stereocenters. The Morgan fingerprint density at radius 2 is 1.54 bits per heavy atom. The maximum Gasteiger partial charge on any atom is 0.217 e. The summed E-state index contributed by atoms with van der Waals surface area (Å²) in [5, 5.41) is 70.5. The Labute approximate surface area is 148 Å². The SMILES string of the molecule is CC(=O)N[C@H]1[C@@H](O[C@@H]2[C@H](O)[C@@H](O)[C@H](O)O[C@@H]2CO)O[C@H](CO)[C@H](O)[C@@H]1O. The molecular weight excluding hydrogens is 358 g/mol. The van der Waals surface area contributed by atoms with Crippen LogP contribution in [0.25, 0.3) is 0 Å². The van der Waals surface area contributed by atoms with E-state index in [-0.39, 0.29) is 0 Å². The van der Waals surface area contributed by atoms with Crippen molar-refractivity contribution in [2.45, 2.75) is 68.3 Å². The first-order chi connectivity index (χ1) is 12.2. The minimum Gasteiger partial charge on any atom is -0.394 e. The van der Waals surface area contributed by atoms with Gasteiger partial charge in [0.2, 0.25) is 5.91 Å². The van der Waals surface area contributed by atoms with Crippen molar-refractivity contribution in [2.24, 2.45) is 0 Å². The Morgan fingerprint density at radius 3 is 2.08 bits per heavy atom. The Balaban J connectivity index is 2.22. The molecule has 1 amide bonds. The van der Waals surface area contributed by atoms with Gasteiger partial charge in [0.15, 0.2) is 12.6 Å². The second kappa shape index (κ2) is 8.84. The van der Waals surface area contributed by atoms with E-state index >= 15 is 0 Å². The Morgan fingerprint density at radius 1 is 0.923 bits per heavy atom. The van der Waals surface area contributed by atoms with Crippen molar-refractivity contribution in [3.8, 4) is 0 Å². The number of rotatable bonds is 5. The highest BCUT2D eigenvalue weighted by atomic mass is 16.7. The van der Waals surface area contributed by atoms with Crippen LogP contribution in [0.1, 0.15) is 6.92 Å². The third-order valence-electron chi connectivity index (χ3n) is 4.38. The van der Waals surface area contributed by atoms with Gasteiger partial charge in [-0.3, -0.25) is 4.79 Å². The predicted molar refractivity (Wildman–Crippen MR) is 80.2 cm³/mol. The smallest absolute Gasteiger partial charge is 0.217 e. The first-order valence-electron chi connectivity index (χ1n) is 8.06. The number of amides is 1. The quantitative estimate of drug-likeness (QED) is 0.226. The highest BCUT2D eigenvalue weighted by Crippen LogP contribution is 2.28. The fourth-order valence-electron chi connectivity index (χ4n) is 2.98. The summed E-state index contributed by atoms with van der Waals surface area (Å²) < 4.78 is 15.8. The van der Waals surface area contributed by atoms with Crippen LogP contribution in [0.2, 0.25) is 0 Å². The molecule has 0 aliphatic carbocycles. The summed E-state index contributed by atoms with van der Waals surface area (Å²) in [4.78, 5) is 11.4. The molecule has 152 valence electrons. The van der Waals surface area contributed by atoms with Crippen LogP contribution in [-0.2, 0) is 19.0 Å². The normalized spacial score (nSPS) is 46.8. The third-order valence-corrected chi connectivity index (χ3v) is 4.38. The van der Waals surface area contributed by atoms with Gasteiger partial charge in [0.25, 0.3) is 0 Å². The van der Waals surface area contributed by atoms with Crippen molar-refractivity contribution < 1.29 is 54.8 Å². The van der Waals surface area contributed by atoms with Crippen LogP contribution in [-0.4, -0.2) is 116 Å².